The molecule has 2 rings (SSSR count). The molecule has 2 amide bonds. The SMILES string of the molecule is CC(=O)Nc1sc2c(c1C(N)=O)CC(C)(C)NC2(C)C. The predicted octanol–water partition coefficient (Wildman–Crippen LogP) is 1.96. The molecule has 0 atom stereocenters. The fraction of sp³-hybridized carbons (Fsp3) is 0.571. The maximum atomic E-state index is 11.8. The fourth-order valence-electron chi connectivity index (χ4n) is 3.04. The Hall–Kier alpha value is -1.40. The van der Waals surface area contributed by atoms with Gasteiger partial charge in [0.1, 0.15) is 5.00 Å². The number of rotatable bonds is 2. The molecule has 0 unspecified atom stereocenters. The molecular formula is C14H21N3O2S. The summed E-state index contributed by atoms with van der Waals surface area (Å²) >= 11 is 1.43. The maximum absolute atomic E-state index is 11.8. The summed E-state index contributed by atoms with van der Waals surface area (Å²) in [6.45, 7) is 9.77. The van der Waals surface area contributed by atoms with Gasteiger partial charge >= 0.3 is 0 Å². The zero-order valence-corrected chi connectivity index (χ0v) is 13.3. The minimum absolute atomic E-state index is 0.130. The lowest BCUT2D eigenvalue weighted by atomic mass is 9.81. The second-order valence-electron chi connectivity index (χ2n) is 6.47. The number of anilines is 1. The van der Waals surface area contributed by atoms with Crippen LogP contribution in [-0.4, -0.2) is 17.4 Å². The van der Waals surface area contributed by atoms with Crippen molar-refractivity contribution in [1.82, 2.24) is 5.32 Å². The van der Waals surface area contributed by atoms with E-state index in [1.165, 1.54) is 18.3 Å². The Bertz CT molecular complexity index is 587. The predicted molar refractivity (Wildman–Crippen MR) is 81.1 cm³/mol. The third-order valence-corrected chi connectivity index (χ3v) is 4.85. The van der Waals surface area contributed by atoms with Crippen LogP contribution in [0.25, 0.3) is 0 Å². The van der Waals surface area contributed by atoms with Crippen LogP contribution in [0.15, 0.2) is 0 Å². The van der Waals surface area contributed by atoms with Gasteiger partial charge in [-0.1, -0.05) is 0 Å². The van der Waals surface area contributed by atoms with E-state index >= 15 is 0 Å². The summed E-state index contributed by atoms with van der Waals surface area (Å²) in [5, 5.41) is 6.85. The summed E-state index contributed by atoms with van der Waals surface area (Å²) in [7, 11) is 0. The lowest BCUT2D eigenvalue weighted by Gasteiger charge is -2.42. The average molecular weight is 295 g/mol. The molecule has 5 nitrogen and oxygen atoms in total. The third-order valence-electron chi connectivity index (χ3n) is 3.38. The van der Waals surface area contributed by atoms with Gasteiger partial charge < -0.3 is 16.4 Å². The van der Waals surface area contributed by atoms with Gasteiger partial charge in [-0.15, -0.1) is 11.3 Å². The van der Waals surface area contributed by atoms with Crippen molar-refractivity contribution in [3.05, 3.63) is 16.0 Å². The van der Waals surface area contributed by atoms with Gasteiger partial charge in [0.05, 0.1) is 5.56 Å². The summed E-state index contributed by atoms with van der Waals surface area (Å²) in [4.78, 5) is 24.2. The van der Waals surface area contributed by atoms with Crippen LogP contribution in [0.2, 0.25) is 0 Å². The van der Waals surface area contributed by atoms with Crippen molar-refractivity contribution in [2.75, 3.05) is 5.32 Å². The largest absolute Gasteiger partial charge is 0.365 e. The number of fused-ring (bicyclic) bond motifs is 1. The normalized spacial score (nSPS) is 19.2. The smallest absolute Gasteiger partial charge is 0.251 e. The molecule has 0 radical (unpaired) electrons. The number of amides is 2. The Kier molecular flexibility index (Phi) is 3.42. The van der Waals surface area contributed by atoms with E-state index in [0.29, 0.717) is 17.0 Å². The maximum Gasteiger partial charge on any atom is 0.251 e. The minimum Gasteiger partial charge on any atom is -0.365 e. The van der Waals surface area contributed by atoms with Gasteiger partial charge in [0.25, 0.3) is 5.91 Å². The Morgan fingerprint density at radius 1 is 1.30 bits per heavy atom. The summed E-state index contributed by atoms with van der Waals surface area (Å²) in [5.41, 5.74) is 6.56. The molecular weight excluding hydrogens is 274 g/mol. The first-order chi connectivity index (χ1) is 9.03. The van der Waals surface area contributed by atoms with Crippen LogP contribution in [0.3, 0.4) is 0 Å². The Balaban J connectivity index is 2.65. The summed E-state index contributed by atoms with van der Waals surface area (Å²) < 4.78 is 0. The topological polar surface area (TPSA) is 84.2 Å². The van der Waals surface area contributed by atoms with E-state index in [4.69, 9.17) is 5.73 Å². The molecule has 0 aromatic carbocycles. The lowest BCUT2D eigenvalue weighted by molar-refractivity contribution is -0.114. The fourth-order valence-corrected chi connectivity index (χ4v) is 4.36. The second kappa shape index (κ2) is 4.56. The van der Waals surface area contributed by atoms with Gasteiger partial charge in [-0.3, -0.25) is 9.59 Å². The molecule has 0 fully saturated rings. The third kappa shape index (κ3) is 2.58. The quantitative estimate of drug-likeness (QED) is 0.780. The molecule has 20 heavy (non-hydrogen) atoms. The highest BCUT2D eigenvalue weighted by Crippen LogP contribution is 2.44. The molecule has 0 saturated heterocycles. The molecule has 1 aromatic heterocycles. The summed E-state index contributed by atoms with van der Waals surface area (Å²) in [6.07, 6.45) is 0.708. The van der Waals surface area contributed by atoms with Crippen molar-refractivity contribution in [2.45, 2.75) is 52.1 Å². The molecule has 1 aliphatic rings. The van der Waals surface area contributed by atoms with Gasteiger partial charge in [-0.05, 0) is 39.7 Å². The lowest BCUT2D eigenvalue weighted by Crippen LogP contribution is -2.55. The van der Waals surface area contributed by atoms with Crippen molar-refractivity contribution >= 4 is 28.2 Å². The van der Waals surface area contributed by atoms with Crippen LogP contribution in [-0.2, 0) is 16.8 Å². The number of hydrogen-bond donors (Lipinski definition) is 3. The molecule has 4 N–H and O–H groups in total. The Morgan fingerprint density at radius 2 is 1.90 bits per heavy atom. The molecule has 1 aliphatic heterocycles. The Morgan fingerprint density at radius 3 is 2.40 bits per heavy atom. The van der Waals surface area contributed by atoms with E-state index in [1.807, 2.05) is 0 Å². The van der Waals surface area contributed by atoms with E-state index < -0.39 is 5.91 Å². The van der Waals surface area contributed by atoms with Gasteiger partial charge in [0, 0.05) is 22.9 Å². The van der Waals surface area contributed by atoms with E-state index in [0.717, 1.165) is 10.4 Å². The number of carbonyl (C=O) groups excluding carboxylic acids is 2. The van der Waals surface area contributed by atoms with Crippen LogP contribution >= 0.6 is 11.3 Å². The van der Waals surface area contributed by atoms with Crippen LogP contribution in [0.4, 0.5) is 5.00 Å². The first-order valence-corrected chi connectivity index (χ1v) is 7.38. The van der Waals surface area contributed by atoms with Crippen molar-refractivity contribution < 1.29 is 9.59 Å². The first kappa shape index (κ1) is 15.0. The van der Waals surface area contributed by atoms with Crippen LogP contribution < -0.4 is 16.4 Å². The van der Waals surface area contributed by atoms with Crippen molar-refractivity contribution in [1.29, 1.82) is 0 Å². The van der Waals surface area contributed by atoms with Crippen LogP contribution in [0.1, 0.15) is 55.4 Å². The van der Waals surface area contributed by atoms with Crippen molar-refractivity contribution in [3.8, 4) is 0 Å². The molecule has 1 aromatic rings. The highest BCUT2D eigenvalue weighted by Gasteiger charge is 2.41. The molecule has 0 aliphatic carbocycles. The Labute approximate surface area is 122 Å². The van der Waals surface area contributed by atoms with Crippen LogP contribution in [0.5, 0.6) is 0 Å². The molecule has 0 spiro atoms. The molecule has 6 heteroatoms. The number of nitrogens with one attached hydrogen (secondary N) is 2. The molecule has 110 valence electrons. The van der Waals surface area contributed by atoms with Crippen molar-refractivity contribution in [3.63, 3.8) is 0 Å². The highest BCUT2D eigenvalue weighted by molar-refractivity contribution is 7.17. The molecule has 0 bridgehead atoms. The zero-order chi connectivity index (χ0) is 15.3. The first-order valence-electron chi connectivity index (χ1n) is 6.56. The highest BCUT2D eigenvalue weighted by atomic mass is 32.1. The number of carbonyl (C=O) groups is 2. The number of thiophene rings is 1. The van der Waals surface area contributed by atoms with Gasteiger partial charge in [0.2, 0.25) is 5.91 Å². The monoisotopic (exact) mass is 295 g/mol. The summed E-state index contributed by atoms with van der Waals surface area (Å²) in [6, 6.07) is 0. The molecule has 2 heterocycles. The van der Waals surface area contributed by atoms with Gasteiger partial charge in [-0.2, -0.15) is 0 Å². The van der Waals surface area contributed by atoms with E-state index in [-0.39, 0.29) is 17.0 Å². The average Bonchev–Trinajstić information content (AvgIpc) is 2.52. The second-order valence-corrected chi connectivity index (χ2v) is 7.49. The van der Waals surface area contributed by atoms with E-state index in [2.05, 4.69) is 38.3 Å². The van der Waals surface area contributed by atoms with E-state index in [1.54, 1.807) is 0 Å². The van der Waals surface area contributed by atoms with Gasteiger partial charge in [0.15, 0.2) is 0 Å². The summed E-state index contributed by atoms with van der Waals surface area (Å²) in [5.74, 6) is -0.684. The number of primary amides is 1. The van der Waals surface area contributed by atoms with Crippen molar-refractivity contribution in [2.24, 2.45) is 5.73 Å². The molecule has 0 saturated carbocycles. The van der Waals surface area contributed by atoms with Crippen LogP contribution in [0, 0.1) is 0 Å². The van der Waals surface area contributed by atoms with E-state index in [9.17, 15) is 9.59 Å². The number of nitrogens with two attached hydrogens (primary N) is 1. The number of hydrogen-bond acceptors (Lipinski definition) is 4. The van der Waals surface area contributed by atoms with Gasteiger partial charge in [-0.25, -0.2) is 0 Å². The minimum atomic E-state index is -0.486. The standard InChI is InChI=1S/C14H21N3O2S/c1-7(18)16-12-9(11(15)19)8-6-13(2,3)17-14(4,5)10(8)20-12/h17H,6H2,1-5H3,(H2,15,19)(H,16,18). The zero-order valence-electron chi connectivity index (χ0n) is 12.5.